The van der Waals surface area contributed by atoms with Crippen LogP contribution in [0.3, 0.4) is 0 Å². The molecule has 0 radical (unpaired) electrons. The Morgan fingerprint density at radius 3 is 2.42 bits per heavy atom. The highest BCUT2D eigenvalue weighted by atomic mass is 16.6. The molecule has 0 aromatic heterocycles. The molecule has 12 heavy (non-hydrogen) atoms. The van der Waals surface area contributed by atoms with Crippen LogP contribution in [-0.4, -0.2) is 42.5 Å². The summed E-state index contributed by atoms with van der Waals surface area (Å²) in [6.07, 6.45) is 0.579. The Labute approximate surface area is 74.3 Å². The first-order chi connectivity index (χ1) is 5.52. The lowest BCUT2D eigenvalue weighted by molar-refractivity contribution is -0.202. The van der Waals surface area contributed by atoms with E-state index in [2.05, 4.69) is 4.90 Å². The van der Waals surface area contributed by atoms with Crippen molar-refractivity contribution in [1.29, 1.82) is 0 Å². The molecule has 0 aromatic rings. The van der Waals surface area contributed by atoms with Crippen LogP contribution in [0.2, 0.25) is 0 Å². The summed E-state index contributed by atoms with van der Waals surface area (Å²) in [6.45, 7) is 4.03. The van der Waals surface area contributed by atoms with Gasteiger partial charge in [0.1, 0.15) is 0 Å². The molecule has 0 amide bonds. The zero-order chi connectivity index (χ0) is 9.30. The fourth-order valence-corrected chi connectivity index (χ4v) is 1.84. The van der Waals surface area contributed by atoms with Gasteiger partial charge in [0.05, 0.1) is 6.10 Å². The normalized spacial score (nSPS) is 43.5. The van der Waals surface area contributed by atoms with Crippen LogP contribution in [0.1, 0.15) is 20.3 Å². The molecule has 1 fully saturated rings. The standard InChI is InChI=1S/C9H19NO2/c1-6-5-8(10(3)4)7(2)9(11)12-6/h6-9,11H,5H2,1-4H3. The monoisotopic (exact) mass is 173 g/mol. The van der Waals surface area contributed by atoms with E-state index < -0.39 is 6.29 Å². The van der Waals surface area contributed by atoms with Crippen molar-refractivity contribution in [1.82, 2.24) is 4.90 Å². The molecule has 0 spiro atoms. The second kappa shape index (κ2) is 3.73. The number of hydrogen-bond acceptors (Lipinski definition) is 3. The summed E-state index contributed by atoms with van der Waals surface area (Å²) in [5.74, 6) is 0.205. The van der Waals surface area contributed by atoms with Gasteiger partial charge < -0.3 is 14.7 Å². The molecule has 1 aliphatic rings. The molecule has 1 N–H and O–H groups in total. The average molecular weight is 173 g/mol. The maximum Gasteiger partial charge on any atom is 0.158 e. The molecule has 0 aliphatic carbocycles. The smallest absolute Gasteiger partial charge is 0.158 e. The first kappa shape index (κ1) is 9.96. The van der Waals surface area contributed by atoms with Gasteiger partial charge in [0.25, 0.3) is 0 Å². The van der Waals surface area contributed by atoms with E-state index in [0.717, 1.165) is 6.42 Å². The maximum atomic E-state index is 9.52. The fraction of sp³-hybridized carbons (Fsp3) is 1.00. The van der Waals surface area contributed by atoms with Crippen molar-refractivity contribution in [2.24, 2.45) is 5.92 Å². The number of rotatable bonds is 1. The van der Waals surface area contributed by atoms with Crippen LogP contribution in [-0.2, 0) is 4.74 Å². The van der Waals surface area contributed by atoms with Gasteiger partial charge >= 0.3 is 0 Å². The number of nitrogens with zero attached hydrogens (tertiary/aromatic N) is 1. The summed E-state index contributed by atoms with van der Waals surface area (Å²) >= 11 is 0. The third-order valence-electron chi connectivity index (χ3n) is 2.67. The molecule has 1 saturated heterocycles. The number of aliphatic hydroxyl groups excluding tert-OH is 1. The molecule has 3 nitrogen and oxygen atoms in total. The van der Waals surface area contributed by atoms with Crippen LogP contribution >= 0.6 is 0 Å². The van der Waals surface area contributed by atoms with Crippen LogP contribution in [0.25, 0.3) is 0 Å². The van der Waals surface area contributed by atoms with E-state index in [9.17, 15) is 5.11 Å². The lowest BCUT2D eigenvalue weighted by atomic mass is 9.92. The Hall–Kier alpha value is -0.120. The minimum Gasteiger partial charge on any atom is -0.368 e. The maximum absolute atomic E-state index is 9.52. The molecule has 72 valence electrons. The molecule has 1 rings (SSSR count). The van der Waals surface area contributed by atoms with Crippen molar-refractivity contribution in [2.45, 2.75) is 38.7 Å². The molecule has 0 saturated carbocycles. The molecular weight excluding hydrogens is 154 g/mol. The zero-order valence-corrected chi connectivity index (χ0v) is 8.32. The predicted molar refractivity (Wildman–Crippen MR) is 47.8 cm³/mol. The Balaban J connectivity index is 2.60. The Kier molecular flexibility index (Phi) is 3.09. The van der Waals surface area contributed by atoms with Crippen molar-refractivity contribution >= 4 is 0 Å². The molecule has 1 aliphatic heterocycles. The lowest BCUT2D eigenvalue weighted by Gasteiger charge is -2.40. The zero-order valence-electron chi connectivity index (χ0n) is 8.32. The van der Waals surface area contributed by atoms with Crippen molar-refractivity contribution in [3.63, 3.8) is 0 Å². The van der Waals surface area contributed by atoms with E-state index in [-0.39, 0.29) is 12.0 Å². The molecule has 4 atom stereocenters. The third-order valence-corrected chi connectivity index (χ3v) is 2.67. The summed E-state index contributed by atoms with van der Waals surface area (Å²) in [7, 11) is 4.10. The van der Waals surface area contributed by atoms with E-state index >= 15 is 0 Å². The van der Waals surface area contributed by atoms with Crippen molar-refractivity contribution in [3.05, 3.63) is 0 Å². The fourth-order valence-electron chi connectivity index (χ4n) is 1.84. The van der Waals surface area contributed by atoms with E-state index in [1.54, 1.807) is 0 Å². The highest BCUT2D eigenvalue weighted by molar-refractivity contribution is 4.81. The minimum absolute atomic E-state index is 0.170. The summed E-state index contributed by atoms with van der Waals surface area (Å²) in [5.41, 5.74) is 0. The van der Waals surface area contributed by atoms with Crippen LogP contribution in [0.5, 0.6) is 0 Å². The molecule has 0 aromatic carbocycles. The molecular formula is C9H19NO2. The Morgan fingerprint density at radius 2 is 1.92 bits per heavy atom. The van der Waals surface area contributed by atoms with Gasteiger partial charge in [0, 0.05) is 12.0 Å². The van der Waals surface area contributed by atoms with Crippen molar-refractivity contribution in [3.8, 4) is 0 Å². The molecule has 4 unspecified atom stereocenters. The van der Waals surface area contributed by atoms with Crippen LogP contribution in [0, 0.1) is 5.92 Å². The topological polar surface area (TPSA) is 32.7 Å². The lowest BCUT2D eigenvalue weighted by Crippen LogP contribution is -2.48. The SMILES string of the molecule is CC1CC(N(C)C)C(C)C(O)O1. The van der Waals surface area contributed by atoms with Crippen molar-refractivity contribution < 1.29 is 9.84 Å². The largest absolute Gasteiger partial charge is 0.368 e. The van der Waals surface area contributed by atoms with Gasteiger partial charge in [-0.05, 0) is 27.4 Å². The van der Waals surface area contributed by atoms with Crippen molar-refractivity contribution in [2.75, 3.05) is 14.1 Å². The summed E-state index contributed by atoms with van der Waals surface area (Å²) in [4.78, 5) is 2.16. The van der Waals surface area contributed by atoms with Gasteiger partial charge in [0.15, 0.2) is 6.29 Å². The molecule has 1 heterocycles. The quantitative estimate of drug-likeness (QED) is 0.633. The number of hydrogen-bond donors (Lipinski definition) is 1. The van der Waals surface area contributed by atoms with Gasteiger partial charge in [-0.3, -0.25) is 0 Å². The summed E-state index contributed by atoms with van der Waals surface area (Å²) in [5, 5.41) is 9.52. The Bertz CT molecular complexity index is 149. The second-order valence-electron chi connectivity index (χ2n) is 3.96. The minimum atomic E-state index is -0.596. The average Bonchev–Trinajstić information content (AvgIpc) is 1.96. The van der Waals surface area contributed by atoms with Gasteiger partial charge in [-0.25, -0.2) is 0 Å². The highest BCUT2D eigenvalue weighted by Crippen LogP contribution is 2.26. The Morgan fingerprint density at radius 1 is 1.33 bits per heavy atom. The van der Waals surface area contributed by atoms with Gasteiger partial charge in [0.2, 0.25) is 0 Å². The first-order valence-electron chi connectivity index (χ1n) is 4.52. The molecule has 3 heteroatoms. The summed E-state index contributed by atoms with van der Waals surface area (Å²) in [6, 6.07) is 0.434. The molecule has 0 bridgehead atoms. The number of ether oxygens (including phenoxy) is 1. The second-order valence-corrected chi connectivity index (χ2v) is 3.96. The van der Waals surface area contributed by atoms with E-state index in [0.29, 0.717) is 6.04 Å². The third kappa shape index (κ3) is 1.97. The highest BCUT2D eigenvalue weighted by Gasteiger charge is 2.33. The predicted octanol–water partition coefficient (Wildman–Crippen LogP) is 0.680. The van der Waals surface area contributed by atoms with Gasteiger partial charge in [-0.15, -0.1) is 0 Å². The van der Waals surface area contributed by atoms with Crippen LogP contribution in [0.4, 0.5) is 0 Å². The van der Waals surface area contributed by atoms with E-state index in [4.69, 9.17) is 4.74 Å². The van der Waals surface area contributed by atoms with E-state index in [1.165, 1.54) is 0 Å². The van der Waals surface area contributed by atoms with Gasteiger partial charge in [-0.2, -0.15) is 0 Å². The van der Waals surface area contributed by atoms with Crippen LogP contribution < -0.4 is 0 Å². The van der Waals surface area contributed by atoms with Gasteiger partial charge in [-0.1, -0.05) is 6.92 Å². The number of aliphatic hydroxyl groups is 1. The van der Waals surface area contributed by atoms with Crippen LogP contribution in [0.15, 0.2) is 0 Å². The van der Waals surface area contributed by atoms with E-state index in [1.807, 2.05) is 27.9 Å². The first-order valence-corrected chi connectivity index (χ1v) is 4.52. The summed E-state index contributed by atoms with van der Waals surface area (Å²) < 4.78 is 5.31.